The van der Waals surface area contributed by atoms with Crippen molar-refractivity contribution < 1.29 is 18.7 Å². The zero-order valence-electron chi connectivity index (χ0n) is 12.4. The van der Waals surface area contributed by atoms with Gasteiger partial charge in [-0.2, -0.15) is 0 Å². The van der Waals surface area contributed by atoms with Crippen LogP contribution in [0.1, 0.15) is 36.1 Å². The Balaban J connectivity index is 1.91. The molecule has 0 aliphatic carbocycles. The molecule has 0 saturated carbocycles. The van der Waals surface area contributed by atoms with Crippen molar-refractivity contribution in [2.45, 2.75) is 25.5 Å². The van der Waals surface area contributed by atoms with Crippen LogP contribution in [-0.4, -0.2) is 22.7 Å². The molecule has 0 spiro atoms. The number of carbonyl (C=O) groups excluding carboxylic acids is 1. The highest BCUT2D eigenvalue weighted by Crippen LogP contribution is 2.20. The van der Waals surface area contributed by atoms with Crippen LogP contribution in [0.2, 0.25) is 0 Å². The van der Waals surface area contributed by atoms with Gasteiger partial charge in [-0.1, -0.05) is 13.0 Å². The minimum Gasteiger partial charge on any atom is -0.386 e. The van der Waals surface area contributed by atoms with Crippen LogP contribution < -0.4 is 10.6 Å². The molecule has 3 N–H and O–H groups in total. The average molecular weight is 341 g/mol. The summed E-state index contributed by atoms with van der Waals surface area (Å²) in [7, 11) is 0. The van der Waals surface area contributed by atoms with Gasteiger partial charge >= 0.3 is 6.03 Å². The Hall–Kier alpha value is -2.06. The van der Waals surface area contributed by atoms with Crippen molar-refractivity contribution in [3.63, 3.8) is 0 Å². The van der Waals surface area contributed by atoms with Gasteiger partial charge in [0, 0.05) is 18.1 Å². The van der Waals surface area contributed by atoms with Crippen molar-refractivity contribution in [2.24, 2.45) is 0 Å². The molecule has 0 aliphatic rings. The molecule has 1 aromatic carbocycles. The molecule has 0 bridgehead atoms. The Morgan fingerprint density at radius 3 is 2.65 bits per heavy atom. The number of benzene rings is 1. The molecule has 8 heteroatoms. The van der Waals surface area contributed by atoms with Gasteiger partial charge in [0.05, 0.1) is 11.6 Å². The fraction of sp³-hybridized carbons (Fsp3) is 0.333. The van der Waals surface area contributed by atoms with E-state index in [1.54, 1.807) is 6.20 Å². The number of rotatable bonds is 6. The van der Waals surface area contributed by atoms with E-state index in [1.807, 2.05) is 12.3 Å². The van der Waals surface area contributed by atoms with Gasteiger partial charge in [-0.3, -0.25) is 0 Å². The molecular weight excluding hydrogens is 324 g/mol. The van der Waals surface area contributed by atoms with E-state index >= 15 is 0 Å². The normalized spacial score (nSPS) is 13.4. The van der Waals surface area contributed by atoms with Gasteiger partial charge < -0.3 is 15.7 Å². The first-order chi connectivity index (χ1) is 11.0. The predicted molar refractivity (Wildman–Crippen MR) is 83.0 cm³/mol. The number of amides is 2. The van der Waals surface area contributed by atoms with Crippen LogP contribution in [-0.2, 0) is 0 Å². The summed E-state index contributed by atoms with van der Waals surface area (Å²) in [6, 6.07) is 2.52. The van der Waals surface area contributed by atoms with Crippen molar-refractivity contribution in [3.8, 4) is 0 Å². The van der Waals surface area contributed by atoms with Gasteiger partial charge in [-0.15, -0.1) is 11.3 Å². The highest BCUT2D eigenvalue weighted by atomic mass is 32.1. The quantitative estimate of drug-likeness (QED) is 0.756. The van der Waals surface area contributed by atoms with Crippen LogP contribution in [0.15, 0.2) is 29.8 Å². The molecule has 0 aliphatic heterocycles. The minimum atomic E-state index is -1.47. The Morgan fingerprint density at radius 2 is 2.09 bits per heavy atom. The molecule has 2 atom stereocenters. The summed E-state index contributed by atoms with van der Waals surface area (Å²) in [6.07, 6.45) is 0.820. The van der Waals surface area contributed by atoms with Crippen molar-refractivity contribution in [1.29, 1.82) is 0 Å². The van der Waals surface area contributed by atoms with Gasteiger partial charge in [0.25, 0.3) is 0 Å². The largest absolute Gasteiger partial charge is 0.386 e. The standard InChI is InChI=1S/C15H17F2N3O2S/c1-2-11(14-18-6-7-23-14)20-15(22)19-8-12(21)13-9(16)4-3-5-10(13)17/h3-7,11-12,21H,2,8H2,1H3,(H2,19,20,22). The molecule has 23 heavy (non-hydrogen) atoms. The average Bonchev–Trinajstić information content (AvgIpc) is 3.04. The molecule has 2 rings (SSSR count). The molecule has 2 amide bonds. The first-order valence-electron chi connectivity index (χ1n) is 7.08. The van der Waals surface area contributed by atoms with Gasteiger partial charge in [0.15, 0.2) is 0 Å². The molecule has 0 radical (unpaired) electrons. The van der Waals surface area contributed by atoms with E-state index in [0.717, 1.165) is 17.1 Å². The smallest absolute Gasteiger partial charge is 0.315 e. The molecule has 124 valence electrons. The summed E-state index contributed by atoms with van der Waals surface area (Å²) in [5, 5.41) is 17.6. The fourth-order valence-corrected chi connectivity index (χ4v) is 2.85. The minimum absolute atomic E-state index is 0.252. The Bertz CT molecular complexity index is 632. The van der Waals surface area contributed by atoms with Gasteiger partial charge in [-0.25, -0.2) is 18.6 Å². The zero-order chi connectivity index (χ0) is 16.8. The third kappa shape index (κ3) is 4.46. The Morgan fingerprint density at radius 1 is 1.39 bits per heavy atom. The van der Waals surface area contributed by atoms with Crippen molar-refractivity contribution in [3.05, 3.63) is 52.0 Å². The maximum Gasteiger partial charge on any atom is 0.315 e. The van der Waals surface area contributed by atoms with Gasteiger partial charge in [0.2, 0.25) is 0 Å². The maximum atomic E-state index is 13.5. The number of urea groups is 1. The topological polar surface area (TPSA) is 74.2 Å². The van der Waals surface area contributed by atoms with Crippen LogP contribution in [0.5, 0.6) is 0 Å². The summed E-state index contributed by atoms with van der Waals surface area (Å²) in [5.74, 6) is -1.71. The van der Waals surface area contributed by atoms with Gasteiger partial charge in [0.1, 0.15) is 22.7 Å². The fourth-order valence-electron chi connectivity index (χ4n) is 2.07. The SMILES string of the molecule is CCC(NC(=O)NCC(O)c1c(F)cccc1F)c1nccs1. The number of nitrogens with zero attached hydrogens (tertiary/aromatic N) is 1. The van der Waals surface area contributed by atoms with E-state index in [1.165, 1.54) is 17.4 Å². The summed E-state index contributed by atoms with van der Waals surface area (Å²) in [5.41, 5.74) is -0.459. The second-order valence-corrected chi connectivity index (χ2v) is 5.76. The number of aromatic nitrogens is 1. The lowest BCUT2D eigenvalue weighted by Gasteiger charge is -2.17. The predicted octanol–water partition coefficient (Wildman–Crippen LogP) is 2.91. The van der Waals surface area contributed by atoms with Crippen molar-refractivity contribution in [1.82, 2.24) is 15.6 Å². The highest BCUT2D eigenvalue weighted by molar-refractivity contribution is 7.09. The molecule has 5 nitrogen and oxygen atoms in total. The van der Waals surface area contributed by atoms with E-state index in [-0.39, 0.29) is 12.6 Å². The molecule has 2 unspecified atom stereocenters. The lowest BCUT2D eigenvalue weighted by Crippen LogP contribution is -2.39. The van der Waals surface area contributed by atoms with Crippen LogP contribution in [0, 0.1) is 11.6 Å². The van der Waals surface area contributed by atoms with E-state index in [4.69, 9.17) is 0 Å². The third-order valence-electron chi connectivity index (χ3n) is 3.25. The van der Waals surface area contributed by atoms with E-state index in [9.17, 15) is 18.7 Å². The number of carbonyl (C=O) groups is 1. The van der Waals surface area contributed by atoms with E-state index in [2.05, 4.69) is 15.6 Å². The van der Waals surface area contributed by atoms with Crippen LogP contribution in [0.3, 0.4) is 0 Å². The van der Waals surface area contributed by atoms with Crippen molar-refractivity contribution >= 4 is 17.4 Å². The van der Waals surface area contributed by atoms with E-state index < -0.39 is 29.3 Å². The summed E-state index contributed by atoms with van der Waals surface area (Å²) < 4.78 is 27.1. The molecule has 0 saturated heterocycles. The summed E-state index contributed by atoms with van der Waals surface area (Å²) in [4.78, 5) is 16.0. The third-order valence-corrected chi connectivity index (χ3v) is 4.14. The number of hydrogen-bond donors (Lipinski definition) is 3. The van der Waals surface area contributed by atoms with Crippen LogP contribution in [0.25, 0.3) is 0 Å². The maximum absolute atomic E-state index is 13.5. The first kappa shape index (κ1) is 17.3. The monoisotopic (exact) mass is 341 g/mol. The number of nitrogens with one attached hydrogen (secondary N) is 2. The summed E-state index contributed by atoms with van der Waals surface area (Å²) in [6.45, 7) is 1.59. The number of thiazole rings is 1. The zero-order valence-corrected chi connectivity index (χ0v) is 13.2. The number of halogens is 2. The first-order valence-corrected chi connectivity index (χ1v) is 7.96. The molecular formula is C15H17F2N3O2S. The molecule has 1 aromatic heterocycles. The van der Waals surface area contributed by atoms with Crippen molar-refractivity contribution in [2.75, 3.05) is 6.54 Å². The lowest BCUT2D eigenvalue weighted by atomic mass is 10.1. The lowest BCUT2D eigenvalue weighted by molar-refractivity contribution is 0.163. The molecule has 0 fully saturated rings. The Labute approximate surface area is 136 Å². The van der Waals surface area contributed by atoms with Crippen LogP contribution >= 0.6 is 11.3 Å². The second kappa shape index (κ2) is 7.98. The number of aliphatic hydroxyl groups is 1. The molecule has 1 heterocycles. The van der Waals surface area contributed by atoms with Crippen LogP contribution in [0.4, 0.5) is 13.6 Å². The number of aliphatic hydroxyl groups excluding tert-OH is 1. The second-order valence-electron chi connectivity index (χ2n) is 4.84. The highest BCUT2D eigenvalue weighted by Gasteiger charge is 2.19. The van der Waals surface area contributed by atoms with E-state index in [0.29, 0.717) is 6.42 Å². The molecule has 2 aromatic rings. The Kier molecular flexibility index (Phi) is 6.00. The number of hydrogen-bond acceptors (Lipinski definition) is 4. The van der Waals surface area contributed by atoms with Gasteiger partial charge in [-0.05, 0) is 18.6 Å². The summed E-state index contributed by atoms with van der Waals surface area (Å²) >= 11 is 1.42.